The van der Waals surface area contributed by atoms with Gasteiger partial charge in [-0.2, -0.15) is 0 Å². The molecule has 0 radical (unpaired) electrons. The molecule has 0 aromatic carbocycles. The Bertz CT molecular complexity index is 147. The molecule has 0 saturated heterocycles. The van der Waals surface area contributed by atoms with Gasteiger partial charge < -0.3 is 5.73 Å². The summed E-state index contributed by atoms with van der Waals surface area (Å²) in [4.78, 5) is 2.51. The lowest BCUT2D eigenvalue weighted by Gasteiger charge is -2.50. The van der Waals surface area contributed by atoms with Gasteiger partial charge in [-0.1, -0.05) is 13.3 Å². The number of hydrogen-bond acceptors (Lipinski definition) is 2. The number of likely N-dealkylation sites (N-methyl/N-ethyl adjacent to an activating group) is 1. The molecule has 0 aliphatic heterocycles. The quantitative estimate of drug-likeness (QED) is 0.708. The summed E-state index contributed by atoms with van der Waals surface area (Å²) in [5, 5.41) is 0. The molecule has 0 spiro atoms. The molecule has 1 saturated carbocycles. The lowest BCUT2D eigenvalue weighted by atomic mass is 9.75. The van der Waals surface area contributed by atoms with E-state index >= 15 is 0 Å². The monoisotopic (exact) mass is 184 g/mol. The Hall–Kier alpha value is -0.0800. The third-order valence-corrected chi connectivity index (χ3v) is 3.78. The predicted octanol–water partition coefficient (Wildman–Crippen LogP) is 1.99. The zero-order valence-electron chi connectivity index (χ0n) is 9.34. The van der Waals surface area contributed by atoms with Crippen LogP contribution in [0.3, 0.4) is 0 Å². The van der Waals surface area contributed by atoms with Crippen LogP contribution in [0.5, 0.6) is 0 Å². The van der Waals surface area contributed by atoms with Crippen molar-refractivity contribution in [3.05, 3.63) is 0 Å². The third kappa shape index (κ3) is 2.05. The minimum absolute atomic E-state index is 0.356. The Morgan fingerprint density at radius 1 is 1.46 bits per heavy atom. The molecule has 1 rings (SSSR count). The van der Waals surface area contributed by atoms with E-state index in [1.165, 1.54) is 32.1 Å². The summed E-state index contributed by atoms with van der Waals surface area (Å²) < 4.78 is 0. The summed E-state index contributed by atoms with van der Waals surface area (Å²) in [6.07, 6.45) is 6.52. The first kappa shape index (κ1) is 11.0. The van der Waals surface area contributed by atoms with E-state index in [1.54, 1.807) is 0 Å². The van der Waals surface area contributed by atoms with Crippen molar-refractivity contribution in [3.63, 3.8) is 0 Å². The van der Waals surface area contributed by atoms with Crippen molar-refractivity contribution >= 4 is 0 Å². The van der Waals surface area contributed by atoms with Crippen LogP contribution >= 0.6 is 0 Å². The number of rotatable bonds is 5. The standard InChI is InChI=1S/C11H24N2/c1-4-6-10(2)13(3)11(9-12)7-5-8-11/h10H,4-9,12H2,1-3H3. The van der Waals surface area contributed by atoms with E-state index in [2.05, 4.69) is 25.8 Å². The second-order valence-corrected chi connectivity index (χ2v) is 4.53. The zero-order chi connectivity index (χ0) is 9.90. The van der Waals surface area contributed by atoms with Gasteiger partial charge in [-0.3, -0.25) is 4.90 Å². The van der Waals surface area contributed by atoms with Gasteiger partial charge in [0.25, 0.3) is 0 Å². The van der Waals surface area contributed by atoms with Crippen LogP contribution in [0, 0.1) is 0 Å². The molecule has 2 N–H and O–H groups in total. The molecule has 0 aromatic rings. The highest BCUT2D eigenvalue weighted by Crippen LogP contribution is 2.37. The first-order chi connectivity index (χ1) is 6.16. The first-order valence-electron chi connectivity index (χ1n) is 5.59. The molecule has 2 nitrogen and oxygen atoms in total. The maximum absolute atomic E-state index is 5.86. The molecule has 0 heterocycles. The summed E-state index contributed by atoms with van der Waals surface area (Å²) >= 11 is 0. The molecule has 0 bridgehead atoms. The number of nitrogens with two attached hydrogens (primary N) is 1. The maximum Gasteiger partial charge on any atom is 0.0331 e. The van der Waals surface area contributed by atoms with Crippen molar-refractivity contribution < 1.29 is 0 Å². The summed E-state index contributed by atoms with van der Waals surface area (Å²) in [6, 6.07) is 0.689. The molecule has 1 atom stereocenters. The Kier molecular flexibility index (Phi) is 3.74. The Morgan fingerprint density at radius 3 is 2.38 bits per heavy atom. The second kappa shape index (κ2) is 4.43. The fourth-order valence-electron chi connectivity index (χ4n) is 2.36. The van der Waals surface area contributed by atoms with Gasteiger partial charge in [0, 0.05) is 18.1 Å². The van der Waals surface area contributed by atoms with E-state index in [0.717, 1.165) is 6.54 Å². The summed E-state index contributed by atoms with van der Waals surface area (Å²) in [5.74, 6) is 0. The molecule has 0 aromatic heterocycles. The molecule has 1 aliphatic rings. The summed E-state index contributed by atoms with van der Waals surface area (Å²) in [6.45, 7) is 5.40. The van der Waals surface area contributed by atoms with Crippen LogP contribution in [0.15, 0.2) is 0 Å². The molecule has 13 heavy (non-hydrogen) atoms. The first-order valence-corrected chi connectivity index (χ1v) is 5.59. The number of nitrogens with zero attached hydrogens (tertiary/aromatic N) is 1. The SMILES string of the molecule is CCCC(C)N(C)C1(CN)CCC1. The van der Waals surface area contributed by atoms with Gasteiger partial charge in [-0.05, 0) is 39.7 Å². The zero-order valence-corrected chi connectivity index (χ0v) is 9.34. The molecular weight excluding hydrogens is 160 g/mol. The van der Waals surface area contributed by atoms with Crippen LogP contribution in [-0.2, 0) is 0 Å². The van der Waals surface area contributed by atoms with Crippen LogP contribution in [0.2, 0.25) is 0 Å². The molecule has 2 heteroatoms. The third-order valence-electron chi connectivity index (χ3n) is 3.78. The van der Waals surface area contributed by atoms with E-state index in [0.29, 0.717) is 11.6 Å². The van der Waals surface area contributed by atoms with Crippen molar-refractivity contribution in [2.45, 2.75) is 57.5 Å². The second-order valence-electron chi connectivity index (χ2n) is 4.53. The average molecular weight is 184 g/mol. The minimum atomic E-state index is 0.356. The molecule has 1 fully saturated rings. The van der Waals surface area contributed by atoms with Gasteiger partial charge in [0.1, 0.15) is 0 Å². The van der Waals surface area contributed by atoms with E-state index in [4.69, 9.17) is 5.73 Å². The molecule has 1 unspecified atom stereocenters. The molecular formula is C11H24N2. The normalized spacial score (nSPS) is 22.8. The summed E-state index contributed by atoms with van der Waals surface area (Å²) in [5.41, 5.74) is 6.22. The van der Waals surface area contributed by atoms with Crippen LogP contribution < -0.4 is 5.73 Å². The minimum Gasteiger partial charge on any atom is -0.329 e. The fourth-order valence-corrected chi connectivity index (χ4v) is 2.36. The highest BCUT2D eigenvalue weighted by atomic mass is 15.2. The molecule has 78 valence electrons. The summed E-state index contributed by atoms with van der Waals surface area (Å²) in [7, 11) is 2.24. The van der Waals surface area contributed by atoms with Gasteiger partial charge in [0.2, 0.25) is 0 Å². The lowest BCUT2D eigenvalue weighted by Crippen LogP contribution is -2.59. The van der Waals surface area contributed by atoms with Crippen molar-refractivity contribution in [2.24, 2.45) is 5.73 Å². The van der Waals surface area contributed by atoms with Gasteiger partial charge in [0.05, 0.1) is 0 Å². The Labute approximate surface area is 82.5 Å². The van der Waals surface area contributed by atoms with Crippen molar-refractivity contribution in [1.29, 1.82) is 0 Å². The Balaban J connectivity index is 2.48. The molecule has 0 amide bonds. The van der Waals surface area contributed by atoms with Gasteiger partial charge in [-0.15, -0.1) is 0 Å². The van der Waals surface area contributed by atoms with E-state index in [1.807, 2.05) is 0 Å². The van der Waals surface area contributed by atoms with Crippen LogP contribution in [0.25, 0.3) is 0 Å². The molecule has 1 aliphatic carbocycles. The van der Waals surface area contributed by atoms with E-state index < -0.39 is 0 Å². The van der Waals surface area contributed by atoms with Gasteiger partial charge in [0.15, 0.2) is 0 Å². The highest BCUT2D eigenvalue weighted by molar-refractivity contribution is 4.99. The predicted molar refractivity (Wildman–Crippen MR) is 57.8 cm³/mol. The number of hydrogen-bond donors (Lipinski definition) is 1. The maximum atomic E-state index is 5.86. The van der Waals surface area contributed by atoms with Crippen molar-refractivity contribution in [3.8, 4) is 0 Å². The van der Waals surface area contributed by atoms with Gasteiger partial charge >= 0.3 is 0 Å². The van der Waals surface area contributed by atoms with Crippen molar-refractivity contribution in [1.82, 2.24) is 4.90 Å². The van der Waals surface area contributed by atoms with Crippen LogP contribution in [-0.4, -0.2) is 30.1 Å². The van der Waals surface area contributed by atoms with Crippen LogP contribution in [0.1, 0.15) is 46.0 Å². The topological polar surface area (TPSA) is 29.3 Å². The van der Waals surface area contributed by atoms with Crippen molar-refractivity contribution in [2.75, 3.05) is 13.6 Å². The van der Waals surface area contributed by atoms with E-state index in [-0.39, 0.29) is 0 Å². The van der Waals surface area contributed by atoms with Crippen LogP contribution in [0.4, 0.5) is 0 Å². The fraction of sp³-hybridized carbons (Fsp3) is 1.00. The average Bonchev–Trinajstić information content (AvgIpc) is 2.03. The van der Waals surface area contributed by atoms with E-state index in [9.17, 15) is 0 Å². The largest absolute Gasteiger partial charge is 0.329 e. The van der Waals surface area contributed by atoms with Gasteiger partial charge in [-0.25, -0.2) is 0 Å². The lowest BCUT2D eigenvalue weighted by molar-refractivity contribution is 0.0143. The smallest absolute Gasteiger partial charge is 0.0331 e. The highest BCUT2D eigenvalue weighted by Gasteiger charge is 2.40. The Morgan fingerprint density at radius 2 is 2.08 bits per heavy atom.